The van der Waals surface area contributed by atoms with Gasteiger partial charge >= 0.3 is 6.36 Å². The fraction of sp³-hybridized carbons (Fsp3) is 0.250. The van der Waals surface area contributed by atoms with E-state index in [1.54, 1.807) is 31.5 Å². The van der Waals surface area contributed by atoms with Gasteiger partial charge in [0.25, 0.3) is 5.88 Å². The molecule has 1 unspecified atom stereocenters. The Kier molecular flexibility index (Phi) is 4.96. The summed E-state index contributed by atoms with van der Waals surface area (Å²) in [6.07, 6.45) is 1.77. The number of benzene rings is 1. The minimum Gasteiger partial charge on any atom is -0.467 e. The van der Waals surface area contributed by atoms with Gasteiger partial charge in [0, 0.05) is 18.3 Å². The number of allylic oxidation sites excluding steroid dienone is 3. The van der Waals surface area contributed by atoms with E-state index in [9.17, 15) is 13.2 Å². The summed E-state index contributed by atoms with van der Waals surface area (Å²) < 4.78 is 52.3. The van der Waals surface area contributed by atoms with Crippen LogP contribution in [0.15, 0.2) is 64.7 Å². The highest BCUT2D eigenvalue weighted by atomic mass is 19.4. The van der Waals surface area contributed by atoms with Crippen LogP contribution < -0.4 is 4.74 Å². The highest BCUT2D eigenvalue weighted by molar-refractivity contribution is 5.83. The molecule has 1 atom stereocenters. The third-order valence-electron chi connectivity index (χ3n) is 4.53. The van der Waals surface area contributed by atoms with Crippen molar-refractivity contribution in [3.63, 3.8) is 0 Å². The zero-order valence-electron chi connectivity index (χ0n) is 15.3. The Morgan fingerprint density at radius 1 is 1.21 bits per heavy atom. The number of nitrogens with zero attached hydrogens (tertiary/aromatic N) is 3. The Hall–Kier alpha value is -3.36. The maximum Gasteiger partial charge on any atom is 0.573 e. The first-order chi connectivity index (χ1) is 13.9. The molecule has 0 N–H and O–H groups in total. The molecular formula is C20H16F3N3O3. The summed E-state index contributed by atoms with van der Waals surface area (Å²) in [4.78, 5) is 8.18. The molecule has 4 rings (SSSR count). The smallest absolute Gasteiger partial charge is 0.467 e. The van der Waals surface area contributed by atoms with Crippen LogP contribution in [0.1, 0.15) is 30.7 Å². The monoisotopic (exact) mass is 403 g/mol. The van der Waals surface area contributed by atoms with Crippen molar-refractivity contribution in [1.82, 2.24) is 15.1 Å². The van der Waals surface area contributed by atoms with Gasteiger partial charge in [-0.15, -0.1) is 13.2 Å². The first-order valence-corrected chi connectivity index (χ1v) is 8.81. The number of halogens is 3. The molecule has 150 valence electrons. The number of ether oxygens (including phenoxy) is 2. The zero-order valence-corrected chi connectivity index (χ0v) is 15.3. The molecule has 0 aliphatic heterocycles. The molecule has 2 aromatic heterocycles. The third kappa shape index (κ3) is 4.39. The zero-order chi connectivity index (χ0) is 20.4. The fourth-order valence-electron chi connectivity index (χ4n) is 3.20. The van der Waals surface area contributed by atoms with Crippen LogP contribution in [-0.4, -0.2) is 21.5 Å². The second-order valence-electron chi connectivity index (χ2n) is 6.53. The summed E-state index contributed by atoms with van der Waals surface area (Å²) in [5, 5.41) is 4.62. The number of hydrogen-bond donors (Lipinski definition) is 0. The molecule has 0 fully saturated rings. The summed E-state index contributed by atoms with van der Waals surface area (Å²) in [6, 6.07) is 7.21. The maximum atomic E-state index is 12.4. The number of hydrogen-bond acceptors (Lipinski definition) is 6. The van der Waals surface area contributed by atoms with E-state index in [1.165, 1.54) is 12.2 Å². The van der Waals surface area contributed by atoms with Gasteiger partial charge in [-0.25, -0.2) is 9.97 Å². The minimum absolute atomic E-state index is 0.0832. The summed E-state index contributed by atoms with van der Waals surface area (Å²) in [5.41, 5.74) is 2.23. The van der Waals surface area contributed by atoms with Crippen molar-refractivity contribution in [2.75, 3.05) is 0 Å². The van der Waals surface area contributed by atoms with Gasteiger partial charge in [-0.1, -0.05) is 11.6 Å². The molecule has 0 bridgehead atoms. The Labute approximate surface area is 163 Å². The van der Waals surface area contributed by atoms with E-state index in [0.717, 1.165) is 11.1 Å². The van der Waals surface area contributed by atoms with E-state index in [2.05, 4.69) is 19.9 Å². The van der Waals surface area contributed by atoms with Crippen molar-refractivity contribution < 1.29 is 27.2 Å². The predicted molar refractivity (Wildman–Crippen MR) is 96.7 cm³/mol. The first-order valence-electron chi connectivity index (χ1n) is 8.81. The van der Waals surface area contributed by atoms with Gasteiger partial charge in [0.15, 0.2) is 11.4 Å². The lowest BCUT2D eigenvalue weighted by molar-refractivity contribution is -0.303. The van der Waals surface area contributed by atoms with Crippen LogP contribution in [-0.2, 0) is 11.3 Å². The molecule has 1 aromatic carbocycles. The van der Waals surface area contributed by atoms with Gasteiger partial charge in [-0.3, -0.25) is 0 Å². The largest absolute Gasteiger partial charge is 0.573 e. The molecule has 0 spiro atoms. The van der Waals surface area contributed by atoms with E-state index in [4.69, 9.17) is 9.26 Å². The molecule has 3 aromatic rings. The van der Waals surface area contributed by atoms with Gasteiger partial charge in [0.1, 0.15) is 12.4 Å². The standard InChI is InChI=1S/C20H16F3N3O3/c1-12-9-14(28-20(21,22)23)4-5-15(12)13-3-6-17-16(10-13)19(26-29-17)27-11-18-24-7-2-8-25-18/h2-4,6-10,15H,5,11H2,1H3. The van der Waals surface area contributed by atoms with Crippen LogP contribution in [0.5, 0.6) is 5.88 Å². The van der Waals surface area contributed by atoms with Crippen LogP contribution in [0.3, 0.4) is 0 Å². The molecule has 0 radical (unpaired) electrons. The average Bonchev–Trinajstić information content (AvgIpc) is 3.08. The van der Waals surface area contributed by atoms with Gasteiger partial charge < -0.3 is 14.0 Å². The Bertz CT molecular complexity index is 1070. The topological polar surface area (TPSA) is 70.3 Å². The van der Waals surface area contributed by atoms with Gasteiger partial charge in [-0.2, -0.15) is 0 Å². The first kappa shape index (κ1) is 19.0. The minimum atomic E-state index is -4.70. The second kappa shape index (κ2) is 7.57. The summed E-state index contributed by atoms with van der Waals surface area (Å²) in [5.74, 6) is 0.543. The second-order valence-corrected chi connectivity index (χ2v) is 6.53. The summed E-state index contributed by atoms with van der Waals surface area (Å²) >= 11 is 0. The van der Waals surface area contributed by atoms with Crippen LogP contribution in [0.25, 0.3) is 11.0 Å². The van der Waals surface area contributed by atoms with E-state index in [-0.39, 0.29) is 18.3 Å². The van der Waals surface area contributed by atoms with E-state index < -0.39 is 6.36 Å². The molecule has 0 saturated carbocycles. The molecular weight excluding hydrogens is 387 g/mol. The van der Waals surface area contributed by atoms with E-state index >= 15 is 0 Å². The van der Waals surface area contributed by atoms with E-state index in [0.29, 0.717) is 29.1 Å². The Morgan fingerprint density at radius 2 is 2.00 bits per heavy atom. The molecule has 1 aliphatic rings. The number of rotatable bonds is 5. The SMILES string of the molecule is CC1=CC(OC(F)(F)F)=CCC1c1ccc2onc(OCc3ncccn3)c2c1. The number of aromatic nitrogens is 3. The van der Waals surface area contributed by atoms with Crippen molar-refractivity contribution in [3.8, 4) is 5.88 Å². The number of fused-ring (bicyclic) bond motifs is 1. The lowest BCUT2D eigenvalue weighted by Gasteiger charge is -2.22. The van der Waals surface area contributed by atoms with Gasteiger partial charge in [-0.05, 0) is 54.4 Å². The molecule has 29 heavy (non-hydrogen) atoms. The molecule has 2 heterocycles. The van der Waals surface area contributed by atoms with Crippen molar-refractivity contribution in [2.24, 2.45) is 0 Å². The molecule has 9 heteroatoms. The summed E-state index contributed by atoms with van der Waals surface area (Å²) in [6.45, 7) is 1.91. The lowest BCUT2D eigenvalue weighted by Crippen LogP contribution is -2.14. The quantitative estimate of drug-likeness (QED) is 0.594. The van der Waals surface area contributed by atoms with Gasteiger partial charge in [0.2, 0.25) is 0 Å². The van der Waals surface area contributed by atoms with Crippen molar-refractivity contribution in [2.45, 2.75) is 32.2 Å². The predicted octanol–water partition coefficient (Wildman–Crippen LogP) is 5.05. The maximum absolute atomic E-state index is 12.4. The fourth-order valence-corrected chi connectivity index (χ4v) is 3.20. The third-order valence-corrected chi connectivity index (χ3v) is 4.53. The Morgan fingerprint density at radius 3 is 2.72 bits per heavy atom. The average molecular weight is 403 g/mol. The van der Waals surface area contributed by atoms with Crippen molar-refractivity contribution in [1.29, 1.82) is 0 Å². The molecule has 1 aliphatic carbocycles. The van der Waals surface area contributed by atoms with Gasteiger partial charge in [0.05, 0.1) is 5.39 Å². The van der Waals surface area contributed by atoms with Crippen LogP contribution in [0.2, 0.25) is 0 Å². The summed E-state index contributed by atoms with van der Waals surface area (Å²) in [7, 11) is 0. The van der Waals surface area contributed by atoms with E-state index in [1.807, 2.05) is 12.1 Å². The highest BCUT2D eigenvalue weighted by Crippen LogP contribution is 2.37. The van der Waals surface area contributed by atoms with Crippen molar-refractivity contribution >= 4 is 11.0 Å². The number of alkyl halides is 3. The molecule has 6 nitrogen and oxygen atoms in total. The van der Waals surface area contributed by atoms with Crippen LogP contribution in [0, 0.1) is 0 Å². The Balaban J connectivity index is 1.54. The highest BCUT2D eigenvalue weighted by Gasteiger charge is 2.32. The van der Waals surface area contributed by atoms with Crippen LogP contribution >= 0.6 is 0 Å². The van der Waals surface area contributed by atoms with Crippen LogP contribution in [0.4, 0.5) is 13.2 Å². The lowest BCUT2D eigenvalue weighted by atomic mass is 9.85. The molecule has 0 saturated heterocycles. The normalized spacial score (nSPS) is 17.0. The molecule has 0 amide bonds. The van der Waals surface area contributed by atoms with Crippen molar-refractivity contribution in [3.05, 3.63) is 71.5 Å².